The highest BCUT2D eigenvalue weighted by atomic mass is 16.3. The highest BCUT2D eigenvalue weighted by Crippen LogP contribution is 2.27. The van der Waals surface area contributed by atoms with Crippen molar-refractivity contribution < 1.29 is 5.11 Å². The van der Waals surface area contributed by atoms with Crippen LogP contribution in [0.3, 0.4) is 0 Å². The Morgan fingerprint density at radius 2 is 1.73 bits per heavy atom. The van der Waals surface area contributed by atoms with Crippen LogP contribution >= 0.6 is 0 Å². The maximum atomic E-state index is 9.91. The van der Waals surface area contributed by atoms with E-state index in [1.807, 2.05) is 28.9 Å². The zero-order chi connectivity index (χ0) is 17.9. The van der Waals surface area contributed by atoms with Crippen molar-refractivity contribution in [2.75, 3.05) is 6.54 Å². The zero-order valence-corrected chi connectivity index (χ0v) is 15.1. The second kappa shape index (κ2) is 7.44. The van der Waals surface area contributed by atoms with E-state index in [1.54, 1.807) is 0 Å². The Kier molecular flexibility index (Phi) is 4.87. The predicted molar refractivity (Wildman–Crippen MR) is 104 cm³/mol. The van der Waals surface area contributed by atoms with Crippen LogP contribution < -0.4 is 0 Å². The van der Waals surface area contributed by atoms with Crippen LogP contribution in [0.5, 0.6) is 0 Å². The molecule has 0 saturated carbocycles. The fraction of sp³-hybridized carbons (Fsp3) is 0.318. The third kappa shape index (κ3) is 3.57. The lowest BCUT2D eigenvalue weighted by atomic mass is 9.99. The van der Waals surface area contributed by atoms with Crippen molar-refractivity contribution in [3.05, 3.63) is 72.4 Å². The van der Waals surface area contributed by atoms with Crippen LogP contribution in [-0.4, -0.2) is 38.5 Å². The van der Waals surface area contributed by atoms with Crippen LogP contribution in [0.1, 0.15) is 25.3 Å². The molecule has 3 aromatic rings. The van der Waals surface area contributed by atoms with Gasteiger partial charge in [-0.05, 0) is 31.9 Å². The number of piperidine rings is 1. The first kappa shape index (κ1) is 17.0. The third-order valence-corrected chi connectivity index (χ3v) is 5.22. The number of benzene rings is 2. The molecule has 0 bridgehead atoms. The molecule has 2 atom stereocenters. The second-order valence-electron chi connectivity index (χ2n) is 7.15. The maximum absolute atomic E-state index is 9.91. The summed E-state index contributed by atoms with van der Waals surface area (Å²) in [6.07, 6.45) is 3.67. The molecule has 4 nitrogen and oxygen atoms in total. The summed E-state index contributed by atoms with van der Waals surface area (Å²) in [6, 6.07) is 21.0. The molecule has 0 radical (unpaired) electrons. The summed E-state index contributed by atoms with van der Waals surface area (Å²) in [5.74, 6) is 0. The van der Waals surface area contributed by atoms with Crippen LogP contribution in [0.25, 0.3) is 16.9 Å². The van der Waals surface area contributed by atoms with Gasteiger partial charge in [0.1, 0.15) is 0 Å². The van der Waals surface area contributed by atoms with Crippen LogP contribution in [0.2, 0.25) is 0 Å². The van der Waals surface area contributed by atoms with E-state index in [1.165, 1.54) is 5.56 Å². The molecule has 134 valence electrons. The maximum Gasteiger partial charge on any atom is 0.0972 e. The monoisotopic (exact) mass is 347 g/mol. The van der Waals surface area contributed by atoms with Gasteiger partial charge in [0, 0.05) is 36.5 Å². The quantitative estimate of drug-likeness (QED) is 0.779. The molecule has 1 fully saturated rings. The highest BCUT2D eigenvalue weighted by Gasteiger charge is 2.25. The molecule has 1 aliphatic rings. The average Bonchev–Trinajstić information content (AvgIpc) is 3.09. The Morgan fingerprint density at radius 3 is 2.42 bits per heavy atom. The van der Waals surface area contributed by atoms with E-state index < -0.39 is 0 Å². The van der Waals surface area contributed by atoms with Crippen molar-refractivity contribution in [2.45, 2.75) is 38.5 Å². The lowest BCUT2D eigenvalue weighted by Crippen LogP contribution is -2.42. The minimum atomic E-state index is -0.165. The molecular weight excluding hydrogens is 322 g/mol. The van der Waals surface area contributed by atoms with Gasteiger partial charge in [0.25, 0.3) is 0 Å². The van der Waals surface area contributed by atoms with Crippen molar-refractivity contribution in [3.8, 4) is 16.9 Å². The molecule has 0 spiro atoms. The number of nitrogens with zero attached hydrogens (tertiary/aromatic N) is 3. The molecule has 2 aromatic carbocycles. The first-order valence-corrected chi connectivity index (χ1v) is 9.32. The topological polar surface area (TPSA) is 41.3 Å². The molecule has 1 aromatic heterocycles. The molecule has 0 amide bonds. The minimum absolute atomic E-state index is 0.165. The van der Waals surface area contributed by atoms with Crippen molar-refractivity contribution >= 4 is 0 Å². The third-order valence-electron chi connectivity index (χ3n) is 5.22. The predicted octanol–water partition coefficient (Wildman–Crippen LogP) is 3.88. The van der Waals surface area contributed by atoms with E-state index >= 15 is 0 Å². The second-order valence-corrected chi connectivity index (χ2v) is 7.15. The number of aliphatic hydroxyl groups excluding tert-OH is 1. The molecule has 1 aliphatic heterocycles. The Hall–Kier alpha value is -2.43. The van der Waals surface area contributed by atoms with E-state index in [-0.39, 0.29) is 6.10 Å². The molecule has 0 aliphatic carbocycles. The lowest BCUT2D eigenvalue weighted by Gasteiger charge is -2.35. The van der Waals surface area contributed by atoms with E-state index in [9.17, 15) is 5.11 Å². The van der Waals surface area contributed by atoms with Gasteiger partial charge in [-0.3, -0.25) is 4.90 Å². The Bertz CT molecular complexity index is 844. The number of aliphatic hydroxyl groups is 1. The Labute approximate surface area is 154 Å². The number of hydrogen-bond donors (Lipinski definition) is 1. The average molecular weight is 347 g/mol. The molecule has 2 unspecified atom stereocenters. The zero-order valence-electron chi connectivity index (χ0n) is 15.1. The van der Waals surface area contributed by atoms with Crippen LogP contribution in [0.4, 0.5) is 0 Å². The first-order chi connectivity index (χ1) is 12.7. The molecule has 1 N–H and O–H groups in total. The number of hydrogen-bond acceptors (Lipinski definition) is 3. The molecule has 2 heterocycles. The first-order valence-electron chi connectivity index (χ1n) is 9.32. The smallest absolute Gasteiger partial charge is 0.0972 e. The van der Waals surface area contributed by atoms with Gasteiger partial charge in [-0.1, -0.05) is 48.5 Å². The molecule has 1 saturated heterocycles. The fourth-order valence-corrected chi connectivity index (χ4v) is 3.73. The van der Waals surface area contributed by atoms with Gasteiger partial charge in [0.2, 0.25) is 0 Å². The number of rotatable bonds is 4. The molecule has 26 heavy (non-hydrogen) atoms. The van der Waals surface area contributed by atoms with E-state index in [4.69, 9.17) is 5.10 Å². The van der Waals surface area contributed by atoms with Gasteiger partial charge in [-0.25, -0.2) is 4.68 Å². The fourth-order valence-electron chi connectivity index (χ4n) is 3.73. The number of likely N-dealkylation sites (tertiary alicyclic amines) is 1. The minimum Gasteiger partial charge on any atom is -0.393 e. The van der Waals surface area contributed by atoms with Gasteiger partial charge >= 0.3 is 0 Å². The van der Waals surface area contributed by atoms with E-state index in [0.717, 1.165) is 42.9 Å². The molecule has 4 rings (SSSR count). The summed E-state index contributed by atoms with van der Waals surface area (Å²) < 4.78 is 1.97. The van der Waals surface area contributed by atoms with Gasteiger partial charge in [-0.2, -0.15) is 5.10 Å². The summed E-state index contributed by atoms with van der Waals surface area (Å²) >= 11 is 0. The summed E-state index contributed by atoms with van der Waals surface area (Å²) in [7, 11) is 0. The van der Waals surface area contributed by atoms with Crippen molar-refractivity contribution in [1.82, 2.24) is 14.7 Å². The van der Waals surface area contributed by atoms with Crippen molar-refractivity contribution in [3.63, 3.8) is 0 Å². The molecular formula is C22H25N3O. The van der Waals surface area contributed by atoms with Gasteiger partial charge in [-0.15, -0.1) is 0 Å². The largest absolute Gasteiger partial charge is 0.393 e. The number of aromatic nitrogens is 2. The van der Waals surface area contributed by atoms with Crippen molar-refractivity contribution in [2.24, 2.45) is 0 Å². The highest BCUT2D eigenvalue weighted by molar-refractivity contribution is 5.63. The summed E-state index contributed by atoms with van der Waals surface area (Å²) in [5.41, 5.74) is 4.47. The van der Waals surface area contributed by atoms with Gasteiger partial charge < -0.3 is 5.11 Å². The molecule has 4 heteroatoms. The standard InChI is InChI=1S/C22H25N3O/c1-17-14-21(26)12-13-24(17)15-19-16-25(20-10-6-3-7-11-20)23-22(19)18-8-4-2-5-9-18/h2-11,16-17,21,26H,12-15H2,1H3. The van der Waals surface area contributed by atoms with E-state index in [0.29, 0.717) is 6.04 Å². The summed E-state index contributed by atoms with van der Waals surface area (Å²) in [5, 5.41) is 14.8. The van der Waals surface area contributed by atoms with Gasteiger partial charge in [0.05, 0.1) is 17.5 Å². The lowest BCUT2D eigenvalue weighted by molar-refractivity contribution is 0.0442. The normalized spacial score (nSPS) is 21.0. The summed E-state index contributed by atoms with van der Waals surface area (Å²) in [4.78, 5) is 2.45. The van der Waals surface area contributed by atoms with Crippen molar-refractivity contribution in [1.29, 1.82) is 0 Å². The number of para-hydroxylation sites is 1. The van der Waals surface area contributed by atoms with Gasteiger partial charge in [0.15, 0.2) is 0 Å². The van der Waals surface area contributed by atoms with Crippen LogP contribution in [0.15, 0.2) is 66.9 Å². The Morgan fingerprint density at radius 1 is 1.04 bits per heavy atom. The van der Waals surface area contributed by atoms with E-state index in [2.05, 4.69) is 54.4 Å². The Balaban J connectivity index is 1.69. The van der Waals surface area contributed by atoms with Crippen LogP contribution in [-0.2, 0) is 6.54 Å². The summed E-state index contributed by atoms with van der Waals surface area (Å²) in [6.45, 7) is 3.98. The SMILES string of the molecule is CC1CC(O)CCN1Cc1cn(-c2ccccc2)nc1-c1ccccc1. The van der Waals surface area contributed by atoms with Crippen LogP contribution in [0, 0.1) is 0 Å².